The van der Waals surface area contributed by atoms with Crippen LogP contribution in [0.1, 0.15) is 10.8 Å². The van der Waals surface area contributed by atoms with Crippen LogP contribution in [-0.2, 0) is 19.6 Å². The van der Waals surface area contributed by atoms with Gasteiger partial charge in [-0.2, -0.15) is 0 Å². The molecular formula is C9H7NO4S. The molecule has 78 valence electrons. The first kappa shape index (κ1) is 9.85. The molecule has 1 aromatic carbocycles. The van der Waals surface area contributed by atoms with Crippen molar-refractivity contribution in [3.63, 3.8) is 0 Å². The highest BCUT2D eigenvalue weighted by molar-refractivity contribution is 7.92. The van der Waals surface area contributed by atoms with E-state index in [1.165, 1.54) is 12.1 Å². The van der Waals surface area contributed by atoms with Crippen molar-refractivity contribution in [2.45, 2.75) is 5.25 Å². The summed E-state index contributed by atoms with van der Waals surface area (Å²) in [7, 11) is -3.89. The molecule has 1 saturated heterocycles. The molecule has 0 aliphatic carbocycles. The van der Waals surface area contributed by atoms with Crippen LogP contribution in [0.15, 0.2) is 30.3 Å². The molecule has 1 aliphatic heterocycles. The molecule has 0 radical (unpaired) electrons. The third-order valence-corrected chi connectivity index (χ3v) is 3.69. The van der Waals surface area contributed by atoms with Gasteiger partial charge in [0.2, 0.25) is 15.8 Å². The number of carbonyl (C=O) groups excluding carboxylic acids is 2. The van der Waals surface area contributed by atoms with E-state index in [1.54, 1.807) is 22.9 Å². The van der Waals surface area contributed by atoms with Gasteiger partial charge in [-0.15, -0.1) is 0 Å². The quantitative estimate of drug-likeness (QED) is 0.669. The third-order valence-electron chi connectivity index (χ3n) is 2.11. The molecular weight excluding hydrogens is 218 g/mol. The van der Waals surface area contributed by atoms with Crippen LogP contribution in [0.5, 0.6) is 0 Å². The second kappa shape index (κ2) is 3.16. The molecule has 0 bridgehead atoms. The van der Waals surface area contributed by atoms with E-state index in [1.807, 2.05) is 0 Å². The van der Waals surface area contributed by atoms with Gasteiger partial charge in [-0.05, 0) is 5.56 Å². The van der Waals surface area contributed by atoms with E-state index < -0.39 is 27.0 Å². The Balaban J connectivity index is 2.54. The average Bonchev–Trinajstić information content (AvgIpc) is 2.37. The molecule has 0 spiro atoms. The second-order valence-electron chi connectivity index (χ2n) is 3.13. The van der Waals surface area contributed by atoms with Crippen molar-refractivity contribution in [3.8, 4) is 0 Å². The Hall–Kier alpha value is -1.69. The Bertz CT molecular complexity index is 520. The molecule has 1 amide bonds. The van der Waals surface area contributed by atoms with Crippen molar-refractivity contribution in [3.05, 3.63) is 35.9 Å². The molecule has 1 atom stereocenters. The highest BCUT2D eigenvalue weighted by Gasteiger charge is 2.46. The lowest BCUT2D eigenvalue weighted by molar-refractivity contribution is -0.135. The molecule has 2 rings (SSSR count). The topological polar surface area (TPSA) is 80.3 Å². The maximum Gasteiger partial charge on any atom is 0.302 e. The van der Waals surface area contributed by atoms with Crippen LogP contribution in [0.3, 0.4) is 0 Å². The molecule has 1 aliphatic rings. The van der Waals surface area contributed by atoms with E-state index in [2.05, 4.69) is 0 Å². The number of hydrogen-bond acceptors (Lipinski definition) is 4. The van der Waals surface area contributed by atoms with E-state index in [4.69, 9.17) is 0 Å². The van der Waals surface area contributed by atoms with E-state index in [0.29, 0.717) is 5.56 Å². The molecule has 1 aromatic rings. The summed E-state index contributed by atoms with van der Waals surface area (Å²) in [6.07, 6.45) is 0. The van der Waals surface area contributed by atoms with Crippen molar-refractivity contribution in [2.24, 2.45) is 0 Å². The van der Waals surface area contributed by atoms with Crippen molar-refractivity contribution >= 4 is 21.7 Å². The van der Waals surface area contributed by atoms with E-state index >= 15 is 0 Å². The fraction of sp³-hybridized carbons (Fsp3) is 0.111. The Labute approximate surface area is 86.2 Å². The Kier molecular flexibility index (Phi) is 2.08. The number of carbonyl (C=O) groups is 2. The summed E-state index contributed by atoms with van der Waals surface area (Å²) in [5, 5.41) is -1.40. The minimum atomic E-state index is -3.89. The minimum absolute atomic E-state index is 0.306. The first-order chi connectivity index (χ1) is 7.02. The molecule has 0 saturated carbocycles. The average molecular weight is 225 g/mol. The largest absolute Gasteiger partial charge is 0.302 e. The maximum absolute atomic E-state index is 11.4. The van der Waals surface area contributed by atoms with Crippen LogP contribution >= 0.6 is 0 Å². The molecule has 15 heavy (non-hydrogen) atoms. The summed E-state index contributed by atoms with van der Waals surface area (Å²) in [5.74, 6) is -2.00. The summed E-state index contributed by atoms with van der Waals surface area (Å²) in [5.41, 5.74) is 0.306. The Morgan fingerprint density at radius 2 is 1.67 bits per heavy atom. The lowest BCUT2D eigenvalue weighted by Crippen LogP contribution is -2.22. The van der Waals surface area contributed by atoms with Gasteiger partial charge >= 0.3 is 5.91 Å². The zero-order chi connectivity index (χ0) is 11.1. The lowest BCUT2D eigenvalue weighted by atomic mass is 10.1. The van der Waals surface area contributed by atoms with Gasteiger partial charge in [0.15, 0.2) is 5.25 Å². The van der Waals surface area contributed by atoms with Crippen LogP contribution in [0.2, 0.25) is 0 Å². The SMILES string of the molecule is O=C1NS(=O)(=O)[C@H](c2ccccc2)C1=O. The summed E-state index contributed by atoms with van der Waals surface area (Å²) in [4.78, 5) is 22.3. The predicted molar refractivity (Wildman–Crippen MR) is 51.3 cm³/mol. The predicted octanol–water partition coefficient (Wildman–Crippen LogP) is -0.244. The van der Waals surface area contributed by atoms with E-state index in [0.717, 1.165) is 0 Å². The molecule has 1 heterocycles. The molecule has 1 fully saturated rings. The zero-order valence-electron chi connectivity index (χ0n) is 7.51. The summed E-state index contributed by atoms with van der Waals surface area (Å²) >= 11 is 0. The molecule has 6 heteroatoms. The number of amides is 1. The van der Waals surface area contributed by atoms with Gasteiger partial charge in [-0.1, -0.05) is 30.3 Å². The number of sulfonamides is 1. The molecule has 1 N–H and O–H groups in total. The first-order valence-corrected chi connectivity index (χ1v) is 5.72. The van der Waals surface area contributed by atoms with Gasteiger partial charge in [-0.25, -0.2) is 13.1 Å². The van der Waals surface area contributed by atoms with Crippen LogP contribution in [-0.4, -0.2) is 20.1 Å². The van der Waals surface area contributed by atoms with Crippen molar-refractivity contribution in [1.82, 2.24) is 4.72 Å². The summed E-state index contributed by atoms with van der Waals surface area (Å²) in [6.45, 7) is 0. The third kappa shape index (κ3) is 1.52. The molecule has 0 aromatic heterocycles. The Morgan fingerprint density at radius 1 is 1.07 bits per heavy atom. The van der Waals surface area contributed by atoms with Crippen LogP contribution < -0.4 is 4.72 Å². The smallest absolute Gasteiger partial charge is 0.287 e. The number of rotatable bonds is 1. The number of Topliss-reactive ketones (excluding diaryl/α,β-unsaturated/α-hetero) is 1. The number of nitrogens with one attached hydrogen (secondary N) is 1. The van der Waals surface area contributed by atoms with Crippen LogP contribution in [0.4, 0.5) is 0 Å². The number of benzene rings is 1. The minimum Gasteiger partial charge on any atom is -0.287 e. The van der Waals surface area contributed by atoms with Gasteiger partial charge in [-0.3, -0.25) is 9.59 Å². The van der Waals surface area contributed by atoms with E-state index in [9.17, 15) is 18.0 Å². The van der Waals surface area contributed by atoms with Gasteiger partial charge in [0.1, 0.15) is 0 Å². The number of hydrogen-bond donors (Lipinski definition) is 1. The normalized spacial score (nSPS) is 23.9. The highest BCUT2D eigenvalue weighted by Crippen LogP contribution is 2.26. The number of ketones is 1. The van der Waals surface area contributed by atoms with Crippen LogP contribution in [0.25, 0.3) is 0 Å². The summed E-state index contributed by atoms with van der Waals surface area (Å²) in [6, 6.07) is 7.92. The van der Waals surface area contributed by atoms with Gasteiger partial charge in [0, 0.05) is 0 Å². The highest BCUT2D eigenvalue weighted by atomic mass is 32.2. The molecule has 0 unspecified atom stereocenters. The van der Waals surface area contributed by atoms with Crippen LogP contribution in [0, 0.1) is 0 Å². The van der Waals surface area contributed by atoms with E-state index in [-0.39, 0.29) is 0 Å². The first-order valence-electron chi connectivity index (χ1n) is 4.17. The fourth-order valence-corrected chi connectivity index (χ4v) is 2.84. The standard InChI is InChI=1S/C9H7NO4S/c11-7-8(6-4-2-1-3-5-6)15(13,14)10-9(7)12/h1-5,8H,(H,10,12)/t8-/m1/s1. The van der Waals surface area contributed by atoms with Gasteiger partial charge < -0.3 is 0 Å². The van der Waals surface area contributed by atoms with Crippen molar-refractivity contribution in [1.29, 1.82) is 0 Å². The maximum atomic E-state index is 11.4. The second-order valence-corrected chi connectivity index (χ2v) is 4.90. The zero-order valence-corrected chi connectivity index (χ0v) is 8.32. The van der Waals surface area contributed by atoms with Crippen molar-refractivity contribution < 1.29 is 18.0 Å². The van der Waals surface area contributed by atoms with Crippen molar-refractivity contribution in [2.75, 3.05) is 0 Å². The molecule has 5 nitrogen and oxygen atoms in total. The van der Waals surface area contributed by atoms with Gasteiger partial charge in [0.25, 0.3) is 0 Å². The lowest BCUT2D eigenvalue weighted by Gasteiger charge is -2.05. The summed E-state index contributed by atoms with van der Waals surface area (Å²) < 4.78 is 24.5. The van der Waals surface area contributed by atoms with Gasteiger partial charge in [0.05, 0.1) is 0 Å². The fourth-order valence-electron chi connectivity index (χ4n) is 1.46. The Morgan fingerprint density at radius 3 is 2.13 bits per heavy atom. The monoisotopic (exact) mass is 225 g/mol.